The van der Waals surface area contributed by atoms with E-state index >= 15 is 0 Å². The zero-order valence-electron chi connectivity index (χ0n) is 12.4. The molecule has 3 N–H and O–H groups in total. The molecule has 0 aromatic carbocycles. The second-order valence-corrected chi connectivity index (χ2v) is 6.73. The molecule has 2 heterocycles. The smallest absolute Gasteiger partial charge is 0.147 e. The van der Waals surface area contributed by atoms with Crippen molar-refractivity contribution in [2.45, 2.75) is 43.0 Å². The van der Waals surface area contributed by atoms with Crippen LogP contribution in [0.5, 0.6) is 0 Å². The third-order valence-electron chi connectivity index (χ3n) is 2.80. The van der Waals surface area contributed by atoms with Gasteiger partial charge < -0.3 is 5.43 Å². The van der Waals surface area contributed by atoms with Gasteiger partial charge in [-0.15, -0.1) is 0 Å². The summed E-state index contributed by atoms with van der Waals surface area (Å²) in [6.45, 7) is 8.20. The molecule has 2 rings (SSSR count). The van der Waals surface area contributed by atoms with Gasteiger partial charge in [0.1, 0.15) is 16.7 Å². The lowest BCUT2D eigenvalue weighted by Crippen LogP contribution is -2.20. The Hall–Kier alpha value is -1.60. The Morgan fingerprint density at radius 3 is 2.50 bits per heavy atom. The van der Waals surface area contributed by atoms with Crippen LogP contribution in [-0.2, 0) is 12.5 Å². The number of aromatic nitrogens is 4. The topological polar surface area (TPSA) is 81.7 Å². The van der Waals surface area contributed by atoms with Gasteiger partial charge in [0, 0.05) is 24.2 Å². The molecule has 6 nitrogen and oxygen atoms in total. The molecular weight excluding hydrogens is 272 g/mol. The number of nitrogens with zero attached hydrogens (tertiary/aromatic N) is 4. The van der Waals surface area contributed by atoms with Crippen LogP contribution in [0.4, 0.5) is 5.82 Å². The molecule has 0 amide bonds. The highest BCUT2D eigenvalue weighted by Crippen LogP contribution is 2.32. The summed E-state index contributed by atoms with van der Waals surface area (Å²) in [5, 5.41) is 5.06. The van der Waals surface area contributed by atoms with E-state index in [-0.39, 0.29) is 5.41 Å². The predicted octanol–water partition coefficient (Wildman–Crippen LogP) is 2.25. The fourth-order valence-corrected chi connectivity index (χ4v) is 2.54. The van der Waals surface area contributed by atoms with E-state index < -0.39 is 0 Å². The van der Waals surface area contributed by atoms with Gasteiger partial charge in [0.25, 0.3) is 0 Å². The summed E-state index contributed by atoms with van der Waals surface area (Å²) in [5.41, 5.74) is 3.46. The van der Waals surface area contributed by atoms with Crippen LogP contribution < -0.4 is 11.3 Å². The van der Waals surface area contributed by atoms with Gasteiger partial charge in [0.05, 0.1) is 11.1 Å². The van der Waals surface area contributed by atoms with E-state index in [1.807, 2.05) is 26.4 Å². The first-order valence-electron chi connectivity index (χ1n) is 6.33. The van der Waals surface area contributed by atoms with E-state index in [0.29, 0.717) is 5.82 Å². The van der Waals surface area contributed by atoms with E-state index in [0.717, 1.165) is 21.3 Å². The number of nitrogens with two attached hydrogens (primary N) is 1. The first-order chi connectivity index (χ1) is 9.31. The molecule has 0 bridgehead atoms. The van der Waals surface area contributed by atoms with Crippen LogP contribution in [0.15, 0.2) is 22.3 Å². The van der Waals surface area contributed by atoms with E-state index in [1.54, 1.807) is 16.4 Å². The van der Waals surface area contributed by atoms with E-state index in [4.69, 9.17) is 5.84 Å². The van der Waals surface area contributed by atoms with Gasteiger partial charge in [-0.25, -0.2) is 15.8 Å². The molecule has 0 fully saturated rings. The van der Waals surface area contributed by atoms with Gasteiger partial charge in [-0.2, -0.15) is 5.10 Å². The highest BCUT2D eigenvalue weighted by atomic mass is 32.2. The predicted molar refractivity (Wildman–Crippen MR) is 80.6 cm³/mol. The van der Waals surface area contributed by atoms with Crippen molar-refractivity contribution >= 4 is 17.6 Å². The molecule has 0 spiro atoms. The minimum atomic E-state index is -0.135. The number of aryl methyl sites for hydroxylation is 1. The highest BCUT2D eigenvalue weighted by molar-refractivity contribution is 7.99. The molecule has 0 aliphatic heterocycles. The Kier molecular flexibility index (Phi) is 4.01. The lowest BCUT2D eigenvalue weighted by atomic mass is 9.95. The van der Waals surface area contributed by atoms with Gasteiger partial charge in [0.15, 0.2) is 0 Å². The molecule has 2 aromatic heterocycles. The van der Waals surface area contributed by atoms with E-state index in [2.05, 4.69) is 41.3 Å². The average molecular weight is 292 g/mol. The second-order valence-electron chi connectivity index (χ2n) is 5.67. The summed E-state index contributed by atoms with van der Waals surface area (Å²) in [7, 11) is 1.89. The molecule has 0 saturated heterocycles. The molecule has 0 atom stereocenters. The zero-order chi connectivity index (χ0) is 14.9. The van der Waals surface area contributed by atoms with Crippen LogP contribution in [0.2, 0.25) is 0 Å². The summed E-state index contributed by atoms with van der Waals surface area (Å²) >= 11 is 1.56. The fourth-order valence-electron chi connectivity index (χ4n) is 1.63. The van der Waals surface area contributed by atoms with Crippen molar-refractivity contribution in [1.82, 2.24) is 19.7 Å². The number of hydrazine groups is 1. The molecule has 0 unspecified atom stereocenters. The van der Waals surface area contributed by atoms with Crippen molar-refractivity contribution in [3.8, 4) is 0 Å². The largest absolute Gasteiger partial charge is 0.308 e. The highest BCUT2D eigenvalue weighted by Gasteiger charge is 2.21. The Labute approximate surface area is 123 Å². The third kappa shape index (κ3) is 3.10. The molecule has 20 heavy (non-hydrogen) atoms. The summed E-state index contributed by atoms with van der Waals surface area (Å²) in [5.74, 6) is 6.99. The summed E-state index contributed by atoms with van der Waals surface area (Å²) in [4.78, 5) is 10.2. The van der Waals surface area contributed by atoms with Crippen molar-refractivity contribution in [1.29, 1.82) is 0 Å². The first kappa shape index (κ1) is 14.8. The van der Waals surface area contributed by atoms with Crippen LogP contribution in [0, 0.1) is 6.92 Å². The number of hydrogen-bond donors (Lipinski definition) is 2. The van der Waals surface area contributed by atoms with Crippen LogP contribution in [0.1, 0.15) is 32.2 Å². The second kappa shape index (κ2) is 5.41. The first-order valence-corrected chi connectivity index (χ1v) is 7.15. The molecule has 7 heteroatoms. The van der Waals surface area contributed by atoms with Gasteiger partial charge in [-0.05, 0) is 6.92 Å². The Morgan fingerprint density at radius 2 is 2.00 bits per heavy atom. The van der Waals surface area contributed by atoms with Gasteiger partial charge in [0.2, 0.25) is 0 Å². The van der Waals surface area contributed by atoms with E-state index in [1.165, 1.54) is 0 Å². The number of nitrogens with one attached hydrogen (secondary N) is 1. The molecule has 0 saturated carbocycles. The molecule has 108 valence electrons. The lowest BCUT2D eigenvalue weighted by Gasteiger charge is -2.19. The van der Waals surface area contributed by atoms with Crippen molar-refractivity contribution in [2.24, 2.45) is 12.9 Å². The minimum absolute atomic E-state index is 0.135. The van der Waals surface area contributed by atoms with Crippen molar-refractivity contribution in [3.63, 3.8) is 0 Å². The van der Waals surface area contributed by atoms with Crippen LogP contribution in [0.25, 0.3) is 0 Å². The quantitative estimate of drug-likeness (QED) is 0.513. The standard InChI is InChI=1S/C13H20N6S/c1-8-10(18-14)16-12(13(2,3)4)17-11(8)20-9-6-15-19(5)7-9/h6-7H,14H2,1-5H3,(H,16,17,18). The number of hydrogen-bond acceptors (Lipinski definition) is 6. The zero-order valence-corrected chi connectivity index (χ0v) is 13.2. The number of rotatable bonds is 3. The van der Waals surface area contributed by atoms with Crippen molar-refractivity contribution in [2.75, 3.05) is 5.43 Å². The molecular formula is C13H20N6S. The molecule has 2 aromatic rings. The van der Waals surface area contributed by atoms with Gasteiger partial charge in [-0.3, -0.25) is 4.68 Å². The number of anilines is 1. The van der Waals surface area contributed by atoms with Gasteiger partial charge in [-0.1, -0.05) is 32.5 Å². The SMILES string of the molecule is Cc1c(NN)nc(C(C)(C)C)nc1Sc1cnn(C)c1. The monoisotopic (exact) mass is 292 g/mol. The molecule has 0 radical (unpaired) electrons. The van der Waals surface area contributed by atoms with Crippen molar-refractivity contribution < 1.29 is 0 Å². The fraction of sp³-hybridized carbons (Fsp3) is 0.462. The Balaban J connectivity index is 2.45. The maximum Gasteiger partial charge on any atom is 0.147 e. The summed E-state index contributed by atoms with van der Waals surface area (Å²) < 4.78 is 1.77. The summed E-state index contributed by atoms with van der Waals surface area (Å²) in [6, 6.07) is 0. The molecule has 0 aliphatic carbocycles. The Bertz CT molecular complexity index is 614. The lowest BCUT2D eigenvalue weighted by molar-refractivity contribution is 0.538. The summed E-state index contributed by atoms with van der Waals surface area (Å²) in [6.07, 6.45) is 3.77. The number of nitrogen functional groups attached to an aromatic ring is 1. The Morgan fingerprint density at radius 1 is 1.30 bits per heavy atom. The minimum Gasteiger partial charge on any atom is -0.308 e. The normalized spacial score (nSPS) is 11.7. The van der Waals surface area contributed by atoms with Crippen LogP contribution in [-0.4, -0.2) is 19.7 Å². The third-order valence-corrected chi connectivity index (χ3v) is 3.84. The maximum atomic E-state index is 5.56. The van der Waals surface area contributed by atoms with Crippen molar-refractivity contribution in [3.05, 3.63) is 23.8 Å². The maximum absolute atomic E-state index is 5.56. The average Bonchev–Trinajstić information content (AvgIpc) is 2.76. The van der Waals surface area contributed by atoms with Gasteiger partial charge >= 0.3 is 0 Å². The molecule has 0 aliphatic rings. The van der Waals surface area contributed by atoms with Crippen LogP contribution >= 0.6 is 11.8 Å². The van der Waals surface area contributed by atoms with Crippen LogP contribution in [0.3, 0.4) is 0 Å². The van der Waals surface area contributed by atoms with E-state index in [9.17, 15) is 0 Å².